The quantitative estimate of drug-likeness (QED) is 0.748. The molecule has 0 fully saturated rings. The topological polar surface area (TPSA) is 32.7 Å². The zero-order chi connectivity index (χ0) is 12.0. The van der Waals surface area contributed by atoms with E-state index >= 15 is 0 Å². The Hall–Kier alpha value is -1.06. The first-order valence-electron chi connectivity index (χ1n) is 5.59. The van der Waals surface area contributed by atoms with Crippen molar-refractivity contribution in [3.63, 3.8) is 0 Å². The molecule has 0 aliphatic heterocycles. The second-order valence-electron chi connectivity index (χ2n) is 4.04. The van der Waals surface area contributed by atoms with Crippen molar-refractivity contribution in [2.45, 2.75) is 20.0 Å². The van der Waals surface area contributed by atoms with Gasteiger partial charge in [0.1, 0.15) is 0 Å². The van der Waals surface area contributed by atoms with Crippen molar-refractivity contribution < 1.29 is 9.84 Å². The van der Waals surface area contributed by atoms with E-state index in [1.807, 2.05) is 19.1 Å². The smallest absolute Gasteiger partial charge is 0.0684 e. The summed E-state index contributed by atoms with van der Waals surface area (Å²) in [5, 5.41) is 9.09. The number of hydrogen-bond donors (Lipinski definition) is 1. The molecule has 1 N–H and O–H groups in total. The summed E-state index contributed by atoms with van der Waals surface area (Å²) in [4.78, 5) is 2.20. The zero-order valence-electron chi connectivity index (χ0n) is 10.4. The van der Waals surface area contributed by atoms with Gasteiger partial charge in [0.15, 0.2) is 0 Å². The van der Waals surface area contributed by atoms with Gasteiger partial charge in [-0.05, 0) is 36.6 Å². The van der Waals surface area contributed by atoms with Crippen LogP contribution in [0.15, 0.2) is 18.2 Å². The molecule has 90 valence electrons. The summed E-state index contributed by atoms with van der Waals surface area (Å²) < 4.78 is 5.03. The summed E-state index contributed by atoms with van der Waals surface area (Å²) >= 11 is 0. The number of aryl methyl sites for hydroxylation is 1. The molecule has 0 saturated carbocycles. The van der Waals surface area contributed by atoms with Crippen LogP contribution in [0.5, 0.6) is 0 Å². The van der Waals surface area contributed by atoms with Crippen molar-refractivity contribution in [3.05, 3.63) is 29.3 Å². The van der Waals surface area contributed by atoms with Crippen LogP contribution < -0.4 is 4.90 Å². The van der Waals surface area contributed by atoms with Crippen molar-refractivity contribution in [2.75, 3.05) is 32.2 Å². The van der Waals surface area contributed by atoms with E-state index in [4.69, 9.17) is 9.84 Å². The molecule has 0 aliphatic carbocycles. The summed E-state index contributed by atoms with van der Waals surface area (Å²) in [6.45, 7) is 3.90. The third-order valence-electron chi connectivity index (χ3n) is 2.78. The summed E-state index contributed by atoms with van der Waals surface area (Å²) in [7, 11) is 3.79. The number of methoxy groups -OCH3 is 1. The average molecular weight is 223 g/mol. The monoisotopic (exact) mass is 223 g/mol. The minimum Gasteiger partial charge on any atom is -0.392 e. The minimum absolute atomic E-state index is 0.111. The Kier molecular flexibility index (Phi) is 5.29. The number of ether oxygens (including phenoxy) is 1. The maximum atomic E-state index is 9.09. The Labute approximate surface area is 97.7 Å². The third kappa shape index (κ3) is 3.51. The van der Waals surface area contributed by atoms with Crippen LogP contribution in [-0.2, 0) is 11.3 Å². The van der Waals surface area contributed by atoms with Crippen LogP contribution in [-0.4, -0.2) is 32.4 Å². The lowest BCUT2D eigenvalue weighted by atomic mass is 10.1. The summed E-state index contributed by atoms with van der Waals surface area (Å²) in [5.74, 6) is 0. The van der Waals surface area contributed by atoms with Gasteiger partial charge >= 0.3 is 0 Å². The van der Waals surface area contributed by atoms with Crippen LogP contribution in [0.1, 0.15) is 17.5 Å². The van der Waals surface area contributed by atoms with Crippen LogP contribution in [0.25, 0.3) is 0 Å². The predicted octanol–water partition coefficient (Wildman–Crippen LogP) is 1.96. The fraction of sp³-hybridized carbons (Fsp3) is 0.538. The highest BCUT2D eigenvalue weighted by Crippen LogP contribution is 2.18. The Morgan fingerprint density at radius 3 is 2.69 bits per heavy atom. The maximum Gasteiger partial charge on any atom is 0.0684 e. The lowest BCUT2D eigenvalue weighted by Crippen LogP contribution is -2.19. The van der Waals surface area contributed by atoms with Gasteiger partial charge in [-0.25, -0.2) is 0 Å². The Balaban J connectivity index is 2.62. The summed E-state index contributed by atoms with van der Waals surface area (Å²) in [6, 6.07) is 6.14. The Morgan fingerprint density at radius 2 is 2.12 bits per heavy atom. The second kappa shape index (κ2) is 6.51. The van der Waals surface area contributed by atoms with Crippen LogP contribution in [0.4, 0.5) is 5.69 Å². The largest absolute Gasteiger partial charge is 0.392 e. The highest BCUT2D eigenvalue weighted by molar-refractivity contribution is 5.50. The van der Waals surface area contributed by atoms with Gasteiger partial charge in [-0.3, -0.25) is 0 Å². The number of aliphatic hydroxyl groups is 1. The van der Waals surface area contributed by atoms with Crippen LogP contribution in [0, 0.1) is 6.92 Å². The summed E-state index contributed by atoms with van der Waals surface area (Å²) in [6.07, 6.45) is 1.02. The van der Waals surface area contributed by atoms with Crippen molar-refractivity contribution in [1.82, 2.24) is 0 Å². The van der Waals surface area contributed by atoms with E-state index < -0.39 is 0 Å². The number of benzene rings is 1. The van der Waals surface area contributed by atoms with Gasteiger partial charge in [0.2, 0.25) is 0 Å². The molecule has 0 heterocycles. The van der Waals surface area contributed by atoms with Crippen molar-refractivity contribution in [3.8, 4) is 0 Å². The molecule has 16 heavy (non-hydrogen) atoms. The van der Waals surface area contributed by atoms with Gasteiger partial charge in [0, 0.05) is 33.0 Å². The molecule has 0 amide bonds. The third-order valence-corrected chi connectivity index (χ3v) is 2.78. The van der Waals surface area contributed by atoms with Crippen LogP contribution in [0.2, 0.25) is 0 Å². The van der Waals surface area contributed by atoms with Gasteiger partial charge in [0.05, 0.1) is 6.61 Å². The van der Waals surface area contributed by atoms with Crippen molar-refractivity contribution in [2.24, 2.45) is 0 Å². The normalized spacial score (nSPS) is 10.5. The molecule has 0 atom stereocenters. The van der Waals surface area contributed by atoms with E-state index in [-0.39, 0.29) is 6.61 Å². The molecule has 1 aromatic rings. The molecule has 1 rings (SSSR count). The van der Waals surface area contributed by atoms with Gasteiger partial charge in [-0.1, -0.05) is 6.07 Å². The van der Waals surface area contributed by atoms with Crippen LogP contribution >= 0.6 is 0 Å². The molecule has 3 heteroatoms. The number of rotatable bonds is 6. The lowest BCUT2D eigenvalue weighted by Gasteiger charge is -2.20. The molecular formula is C13H21NO2. The van der Waals surface area contributed by atoms with E-state index in [9.17, 15) is 0 Å². The molecule has 0 radical (unpaired) electrons. The minimum atomic E-state index is 0.111. The molecule has 0 saturated heterocycles. The molecule has 3 nitrogen and oxygen atoms in total. The summed E-state index contributed by atoms with van der Waals surface area (Å²) in [5.41, 5.74) is 3.32. The maximum absolute atomic E-state index is 9.09. The van der Waals surface area contributed by atoms with E-state index in [0.717, 1.165) is 30.7 Å². The van der Waals surface area contributed by atoms with E-state index in [2.05, 4.69) is 18.0 Å². The number of aliphatic hydroxyl groups excluding tert-OH is 1. The molecule has 0 aromatic heterocycles. The standard InChI is InChI=1S/C13H21NO2/c1-11-9-13(6-5-12(11)10-15)14(2)7-4-8-16-3/h5-6,9,15H,4,7-8,10H2,1-3H3. The fourth-order valence-electron chi connectivity index (χ4n) is 1.67. The Morgan fingerprint density at radius 1 is 1.38 bits per heavy atom. The van der Waals surface area contributed by atoms with E-state index in [1.54, 1.807) is 7.11 Å². The van der Waals surface area contributed by atoms with E-state index in [0.29, 0.717) is 0 Å². The average Bonchev–Trinajstić information content (AvgIpc) is 2.29. The second-order valence-corrected chi connectivity index (χ2v) is 4.04. The first kappa shape index (κ1) is 13.0. The molecule has 1 aromatic carbocycles. The van der Waals surface area contributed by atoms with Gasteiger partial charge in [-0.15, -0.1) is 0 Å². The SMILES string of the molecule is COCCCN(C)c1ccc(CO)c(C)c1. The van der Waals surface area contributed by atoms with Gasteiger partial charge in [0.25, 0.3) is 0 Å². The highest BCUT2D eigenvalue weighted by atomic mass is 16.5. The molecule has 0 aliphatic rings. The van der Waals surface area contributed by atoms with Crippen LogP contribution in [0.3, 0.4) is 0 Å². The Bertz CT molecular complexity index is 326. The predicted molar refractivity (Wildman–Crippen MR) is 66.9 cm³/mol. The fourth-order valence-corrected chi connectivity index (χ4v) is 1.67. The number of anilines is 1. The number of nitrogens with zero attached hydrogens (tertiary/aromatic N) is 1. The van der Waals surface area contributed by atoms with Crippen molar-refractivity contribution in [1.29, 1.82) is 0 Å². The lowest BCUT2D eigenvalue weighted by molar-refractivity contribution is 0.196. The van der Waals surface area contributed by atoms with Gasteiger partial charge < -0.3 is 14.7 Å². The zero-order valence-corrected chi connectivity index (χ0v) is 10.4. The first-order valence-corrected chi connectivity index (χ1v) is 5.59. The number of hydrogen-bond acceptors (Lipinski definition) is 3. The van der Waals surface area contributed by atoms with Gasteiger partial charge in [-0.2, -0.15) is 0 Å². The van der Waals surface area contributed by atoms with Crippen molar-refractivity contribution >= 4 is 5.69 Å². The molecule has 0 bridgehead atoms. The molecule has 0 spiro atoms. The first-order chi connectivity index (χ1) is 7.69. The highest BCUT2D eigenvalue weighted by Gasteiger charge is 2.03. The molecular weight excluding hydrogens is 202 g/mol. The van der Waals surface area contributed by atoms with E-state index in [1.165, 1.54) is 5.69 Å². The molecule has 0 unspecified atom stereocenters.